The number of thioether (sulfide) groups is 1. The molecular weight excluding hydrogens is 264 g/mol. The van der Waals surface area contributed by atoms with Gasteiger partial charge in [0.05, 0.1) is 0 Å². The third-order valence-electron chi connectivity index (χ3n) is 3.29. The predicted octanol–water partition coefficient (Wildman–Crippen LogP) is 2.21. The van der Waals surface area contributed by atoms with Crippen molar-refractivity contribution in [1.82, 2.24) is 10.6 Å². The lowest BCUT2D eigenvalue weighted by Crippen LogP contribution is -2.44. The molecule has 2 amide bonds. The normalized spacial score (nSPS) is 23.9. The van der Waals surface area contributed by atoms with Crippen LogP contribution in [-0.2, 0) is 4.79 Å². The summed E-state index contributed by atoms with van der Waals surface area (Å²) in [6.45, 7) is 3.98. The molecule has 19 heavy (non-hydrogen) atoms. The number of hydrogen-bond donors (Lipinski definition) is 3. The largest absolute Gasteiger partial charge is 0.481 e. The van der Waals surface area contributed by atoms with Gasteiger partial charge in [-0.05, 0) is 38.4 Å². The molecule has 0 heterocycles. The smallest absolute Gasteiger partial charge is 0.315 e. The third-order valence-corrected chi connectivity index (χ3v) is 4.52. The highest BCUT2D eigenvalue weighted by atomic mass is 32.2. The van der Waals surface area contributed by atoms with Crippen LogP contribution in [0, 0.1) is 0 Å². The van der Waals surface area contributed by atoms with Crippen LogP contribution >= 0.6 is 11.8 Å². The Morgan fingerprint density at radius 2 is 2.16 bits per heavy atom. The van der Waals surface area contributed by atoms with E-state index >= 15 is 0 Å². The predicted molar refractivity (Wildman–Crippen MR) is 77.6 cm³/mol. The number of nitrogens with one attached hydrogen (secondary N) is 2. The number of aliphatic carboxylic acids is 1. The zero-order chi connectivity index (χ0) is 14.3. The molecule has 1 aliphatic rings. The Morgan fingerprint density at radius 1 is 1.42 bits per heavy atom. The Balaban J connectivity index is 2.19. The average Bonchev–Trinajstić information content (AvgIpc) is 2.74. The molecule has 110 valence electrons. The number of urea groups is 1. The Morgan fingerprint density at radius 3 is 2.79 bits per heavy atom. The lowest BCUT2D eigenvalue weighted by atomic mass is 10.2. The Hall–Kier alpha value is -0.910. The van der Waals surface area contributed by atoms with Crippen LogP contribution in [0.2, 0.25) is 0 Å². The van der Waals surface area contributed by atoms with E-state index in [9.17, 15) is 9.59 Å². The number of carbonyl (C=O) groups excluding carboxylic acids is 1. The Kier molecular flexibility index (Phi) is 7.05. The molecule has 0 radical (unpaired) electrons. The molecule has 6 heteroatoms. The van der Waals surface area contributed by atoms with E-state index in [1.807, 2.05) is 18.7 Å². The van der Waals surface area contributed by atoms with Gasteiger partial charge in [-0.3, -0.25) is 4.79 Å². The van der Waals surface area contributed by atoms with Gasteiger partial charge in [-0.2, -0.15) is 11.8 Å². The number of carboxylic acids is 1. The first-order valence-electron chi connectivity index (χ1n) is 6.91. The summed E-state index contributed by atoms with van der Waals surface area (Å²) < 4.78 is 0. The second-order valence-electron chi connectivity index (χ2n) is 5.04. The van der Waals surface area contributed by atoms with Gasteiger partial charge in [-0.25, -0.2) is 4.79 Å². The SMILES string of the molecule is CCSC1CCC(NC(=O)NC(C)CCC(=O)O)C1. The van der Waals surface area contributed by atoms with Crippen LogP contribution in [0.1, 0.15) is 46.0 Å². The summed E-state index contributed by atoms with van der Waals surface area (Å²) in [5, 5.41) is 15.0. The number of amides is 2. The molecule has 1 saturated carbocycles. The maximum absolute atomic E-state index is 11.7. The molecule has 0 aromatic heterocycles. The topological polar surface area (TPSA) is 78.4 Å². The molecule has 1 fully saturated rings. The van der Waals surface area contributed by atoms with Crippen LogP contribution in [0.5, 0.6) is 0 Å². The Bertz CT molecular complexity index is 312. The zero-order valence-electron chi connectivity index (χ0n) is 11.6. The summed E-state index contributed by atoms with van der Waals surface area (Å²) in [7, 11) is 0. The van der Waals surface area contributed by atoms with Gasteiger partial charge in [0, 0.05) is 23.8 Å². The molecular formula is C13H24N2O3S. The van der Waals surface area contributed by atoms with Crippen molar-refractivity contribution < 1.29 is 14.7 Å². The highest BCUT2D eigenvalue weighted by molar-refractivity contribution is 7.99. The number of carboxylic acid groups (broad SMARTS) is 1. The monoisotopic (exact) mass is 288 g/mol. The van der Waals surface area contributed by atoms with Gasteiger partial charge in [0.2, 0.25) is 0 Å². The van der Waals surface area contributed by atoms with Crippen LogP contribution in [0.4, 0.5) is 4.79 Å². The van der Waals surface area contributed by atoms with E-state index in [4.69, 9.17) is 5.11 Å². The van der Waals surface area contributed by atoms with E-state index in [1.54, 1.807) is 0 Å². The van der Waals surface area contributed by atoms with E-state index in [1.165, 1.54) is 0 Å². The summed E-state index contributed by atoms with van der Waals surface area (Å²) in [6.07, 6.45) is 3.78. The average molecular weight is 288 g/mol. The number of rotatable bonds is 7. The fourth-order valence-electron chi connectivity index (χ4n) is 2.32. The van der Waals surface area contributed by atoms with Crippen LogP contribution in [0.15, 0.2) is 0 Å². The first kappa shape index (κ1) is 16.1. The van der Waals surface area contributed by atoms with E-state index in [-0.39, 0.29) is 24.5 Å². The van der Waals surface area contributed by atoms with Gasteiger partial charge < -0.3 is 15.7 Å². The van der Waals surface area contributed by atoms with E-state index < -0.39 is 5.97 Å². The van der Waals surface area contributed by atoms with Crippen molar-refractivity contribution in [2.24, 2.45) is 0 Å². The van der Waals surface area contributed by atoms with Gasteiger partial charge in [0.15, 0.2) is 0 Å². The minimum Gasteiger partial charge on any atom is -0.481 e. The zero-order valence-corrected chi connectivity index (χ0v) is 12.5. The van der Waals surface area contributed by atoms with E-state index in [2.05, 4.69) is 17.6 Å². The molecule has 1 rings (SSSR count). The first-order chi connectivity index (χ1) is 9.01. The Labute approximate surface area is 118 Å². The minimum absolute atomic E-state index is 0.0834. The summed E-state index contributed by atoms with van der Waals surface area (Å²) in [5.74, 6) is 0.291. The second kappa shape index (κ2) is 8.30. The van der Waals surface area contributed by atoms with Gasteiger partial charge in [-0.15, -0.1) is 0 Å². The third kappa shape index (κ3) is 6.71. The van der Waals surface area contributed by atoms with Crippen molar-refractivity contribution >= 4 is 23.8 Å². The quantitative estimate of drug-likeness (QED) is 0.671. The van der Waals surface area contributed by atoms with Crippen molar-refractivity contribution in [1.29, 1.82) is 0 Å². The maximum atomic E-state index is 11.7. The van der Waals surface area contributed by atoms with Crippen molar-refractivity contribution in [3.63, 3.8) is 0 Å². The van der Waals surface area contributed by atoms with E-state index in [0.29, 0.717) is 11.7 Å². The molecule has 1 aliphatic carbocycles. The van der Waals surface area contributed by atoms with Crippen LogP contribution in [0.3, 0.4) is 0 Å². The molecule has 5 nitrogen and oxygen atoms in total. The van der Waals surface area contributed by atoms with Crippen molar-refractivity contribution in [3.05, 3.63) is 0 Å². The fourth-order valence-corrected chi connectivity index (χ4v) is 3.46. The molecule has 0 aromatic rings. The second-order valence-corrected chi connectivity index (χ2v) is 6.62. The highest BCUT2D eigenvalue weighted by Crippen LogP contribution is 2.29. The van der Waals surface area contributed by atoms with Gasteiger partial charge in [-0.1, -0.05) is 6.92 Å². The lowest BCUT2D eigenvalue weighted by molar-refractivity contribution is -0.137. The summed E-state index contributed by atoms with van der Waals surface area (Å²) in [5.41, 5.74) is 0. The number of carbonyl (C=O) groups is 2. The maximum Gasteiger partial charge on any atom is 0.315 e. The molecule has 3 unspecified atom stereocenters. The summed E-state index contributed by atoms with van der Waals surface area (Å²) in [4.78, 5) is 22.2. The van der Waals surface area contributed by atoms with Crippen molar-refractivity contribution in [3.8, 4) is 0 Å². The molecule has 0 aliphatic heterocycles. The molecule has 3 N–H and O–H groups in total. The molecule has 0 bridgehead atoms. The molecule has 0 saturated heterocycles. The fraction of sp³-hybridized carbons (Fsp3) is 0.846. The number of hydrogen-bond acceptors (Lipinski definition) is 3. The molecule has 0 spiro atoms. The summed E-state index contributed by atoms with van der Waals surface area (Å²) in [6, 6.07) is -0.0286. The van der Waals surface area contributed by atoms with Crippen molar-refractivity contribution in [2.75, 3.05) is 5.75 Å². The minimum atomic E-state index is -0.829. The highest BCUT2D eigenvalue weighted by Gasteiger charge is 2.25. The summed E-state index contributed by atoms with van der Waals surface area (Å²) >= 11 is 1.96. The molecule has 0 aromatic carbocycles. The first-order valence-corrected chi connectivity index (χ1v) is 7.96. The van der Waals surface area contributed by atoms with Crippen molar-refractivity contribution in [2.45, 2.75) is 63.3 Å². The van der Waals surface area contributed by atoms with Crippen LogP contribution in [0.25, 0.3) is 0 Å². The molecule has 3 atom stereocenters. The lowest BCUT2D eigenvalue weighted by Gasteiger charge is -2.17. The van der Waals surface area contributed by atoms with Gasteiger partial charge in [0.25, 0.3) is 0 Å². The van der Waals surface area contributed by atoms with Crippen LogP contribution < -0.4 is 10.6 Å². The van der Waals surface area contributed by atoms with Crippen LogP contribution in [-0.4, -0.2) is 40.2 Å². The van der Waals surface area contributed by atoms with E-state index in [0.717, 1.165) is 25.0 Å². The van der Waals surface area contributed by atoms with Gasteiger partial charge >= 0.3 is 12.0 Å². The standard InChI is InChI=1S/C13H24N2O3S/c1-3-19-11-6-5-10(8-11)15-13(18)14-9(2)4-7-12(16)17/h9-11H,3-8H2,1-2H3,(H,16,17)(H2,14,15,18). The van der Waals surface area contributed by atoms with Gasteiger partial charge in [0.1, 0.15) is 0 Å².